The first kappa shape index (κ1) is 15.1. The fraction of sp³-hybridized carbons (Fsp3) is 0. The molecule has 0 aliphatic rings. The van der Waals surface area contributed by atoms with Crippen LogP contribution in [0.15, 0.2) is 53.7 Å². The lowest BCUT2D eigenvalue weighted by Gasteiger charge is -2.11. The predicted molar refractivity (Wildman–Crippen MR) is 79.0 cm³/mol. The second-order valence-corrected chi connectivity index (χ2v) is 6.27. The van der Waals surface area contributed by atoms with Crippen LogP contribution >= 0.6 is 0 Å². The van der Waals surface area contributed by atoms with Crippen LogP contribution in [-0.4, -0.2) is 23.6 Å². The molecule has 0 aliphatic carbocycles. The van der Waals surface area contributed by atoms with Crippen LogP contribution in [0.4, 0.5) is 14.5 Å². The van der Waals surface area contributed by atoms with Gasteiger partial charge in [0.05, 0.1) is 10.6 Å². The van der Waals surface area contributed by atoms with Crippen molar-refractivity contribution < 1.29 is 17.2 Å². The van der Waals surface area contributed by atoms with Crippen LogP contribution < -0.4 is 4.72 Å². The van der Waals surface area contributed by atoms with E-state index in [4.69, 9.17) is 0 Å². The molecule has 0 amide bonds. The molecule has 0 atom stereocenters. The number of hydrogen-bond acceptors (Lipinski definition) is 4. The molecule has 2 aromatic carbocycles. The number of halogens is 2. The highest BCUT2D eigenvalue weighted by atomic mass is 32.2. The first-order chi connectivity index (χ1) is 11.0. The lowest BCUT2D eigenvalue weighted by atomic mass is 10.2. The minimum Gasteiger partial charge on any atom is -0.279 e. The Bertz CT molecular complexity index is 923. The molecule has 6 nitrogen and oxygen atoms in total. The maximum Gasteiger partial charge on any atom is 0.262 e. The van der Waals surface area contributed by atoms with E-state index in [0.717, 1.165) is 12.1 Å². The molecular weight excluding hydrogens is 326 g/mol. The SMILES string of the molecule is O=S(=O)(Nc1ccccc1-c1ncn[nH]1)c1cc(F)cc(F)c1. The largest absolute Gasteiger partial charge is 0.279 e. The summed E-state index contributed by atoms with van der Waals surface area (Å²) in [6.07, 6.45) is 1.28. The standard InChI is InChI=1S/C14H10F2N4O2S/c15-9-5-10(16)7-11(6-9)23(21,22)20-13-4-2-1-3-12(13)14-17-8-18-19-14/h1-8,20H,(H,17,18,19). The van der Waals surface area contributed by atoms with Gasteiger partial charge in [0, 0.05) is 11.6 Å². The van der Waals surface area contributed by atoms with Crippen LogP contribution in [0.3, 0.4) is 0 Å². The van der Waals surface area contributed by atoms with E-state index in [2.05, 4.69) is 19.9 Å². The molecule has 0 fully saturated rings. The first-order valence-corrected chi connectivity index (χ1v) is 7.88. The van der Waals surface area contributed by atoms with Gasteiger partial charge < -0.3 is 0 Å². The van der Waals surface area contributed by atoms with Gasteiger partial charge in [0.2, 0.25) is 0 Å². The van der Waals surface area contributed by atoms with Crippen molar-refractivity contribution in [3.8, 4) is 11.4 Å². The van der Waals surface area contributed by atoms with Crippen molar-refractivity contribution >= 4 is 15.7 Å². The topological polar surface area (TPSA) is 87.7 Å². The number of rotatable bonds is 4. The number of H-pyrrole nitrogens is 1. The van der Waals surface area contributed by atoms with Crippen molar-refractivity contribution in [2.24, 2.45) is 0 Å². The summed E-state index contributed by atoms with van der Waals surface area (Å²) in [5.41, 5.74) is 0.652. The summed E-state index contributed by atoms with van der Waals surface area (Å²) in [6, 6.07) is 8.52. The fourth-order valence-electron chi connectivity index (χ4n) is 2.00. The van der Waals surface area contributed by atoms with Crippen molar-refractivity contribution in [2.45, 2.75) is 4.90 Å². The number of anilines is 1. The molecule has 2 N–H and O–H groups in total. The van der Waals surface area contributed by atoms with Crippen LogP contribution in [0.25, 0.3) is 11.4 Å². The summed E-state index contributed by atoms with van der Waals surface area (Å²) in [4.78, 5) is 3.44. The molecule has 23 heavy (non-hydrogen) atoms. The Hall–Kier alpha value is -2.81. The van der Waals surface area contributed by atoms with Crippen LogP contribution in [0.2, 0.25) is 0 Å². The number of para-hydroxylation sites is 1. The lowest BCUT2D eigenvalue weighted by molar-refractivity contribution is 0.568. The highest BCUT2D eigenvalue weighted by Gasteiger charge is 2.19. The molecule has 118 valence electrons. The van der Waals surface area contributed by atoms with Crippen molar-refractivity contribution in [3.63, 3.8) is 0 Å². The van der Waals surface area contributed by atoms with E-state index < -0.39 is 26.6 Å². The Balaban J connectivity index is 2.02. The van der Waals surface area contributed by atoms with Gasteiger partial charge in [-0.25, -0.2) is 22.2 Å². The van der Waals surface area contributed by atoms with E-state index in [-0.39, 0.29) is 5.69 Å². The van der Waals surface area contributed by atoms with Gasteiger partial charge >= 0.3 is 0 Å². The van der Waals surface area contributed by atoms with Crippen LogP contribution in [0.1, 0.15) is 0 Å². The Kier molecular flexibility index (Phi) is 3.78. The molecule has 0 bridgehead atoms. The van der Waals surface area contributed by atoms with Crippen molar-refractivity contribution in [1.82, 2.24) is 15.2 Å². The zero-order valence-corrected chi connectivity index (χ0v) is 12.3. The lowest BCUT2D eigenvalue weighted by Crippen LogP contribution is -2.14. The van der Waals surface area contributed by atoms with E-state index in [9.17, 15) is 17.2 Å². The van der Waals surface area contributed by atoms with Crippen LogP contribution in [0.5, 0.6) is 0 Å². The Morgan fingerprint density at radius 3 is 2.39 bits per heavy atom. The smallest absolute Gasteiger partial charge is 0.262 e. The number of sulfonamides is 1. The molecule has 3 aromatic rings. The van der Waals surface area contributed by atoms with Gasteiger partial charge in [0.25, 0.3) is 10.0 Å². The highest BCUT2D eigenvalue weighted by molar-refractivity contribution is 7.92. The first-order valence-electron chi connectivity index (χ1n) is 6.39. The molecule has 0 saturated heterocycles. The zero-order valence-electron chi connectivity index (χ0n) is 11.5. The number of benzene rings is 2. The monoisotopic (exact) mass is 336 g/mol. The van der Waals surface area contributed by atoms with Crippen molar-refractivity contribution in [2.75, 3.05) is 4.72 Å². The third kappa shape index (κ3) is 3.19. The van der Waals surface area contributed by atoms with E-state index in [1.165, 1.54) is 12.4 Å². The van der Waals surface area contributed by atoms with E-state index >= 15 is 0 Å². The Morgan fingerprint density at radius 1 is 1.04 bits per heavy atom. The summed E-state index contributed by atoms with van der Waals surface area (Å²) < 4.78 is 53.5. The fourth-order valence-corrected chi connectivity index (χ4v) is 3.12. The van der Waals surface area contributed by atoms with Gasteiger partial charge in [0.1, 0.15) is 18.0 Å². The van der Waals surface area contributed by atoms with Crippen LogP contribution in [0, 0.1) is 11.6 Å². The minimum absolute atomic E-state index is 0.203. The van der Waals surface area contributed by atoms with Gasteiger partial charge in [-0.05, 0) is 24.3 Å². The molecular formula is C14H10F2N4O2S. The summed E-state index contributed by atoms with van der Waals surface area (Å²) in [5, 5.41) is 6.33. The number of nitrogens with zero attached hydrogens (tertiary/aromatic N) is 2. The quantitative estimate of drug-likeness (QED) is 0.766. The average Bonchev–Trinajstić information content (AvgIpc) is 3.00. The number of aromatic nitrogens is 3. The molecule has 0 unspecified atom stereocenters. The van der Waals surface area contributed by atoms with Crippen molar-refractivity contribution in [1.29, 1.82) is 0 Å². The van der Waals surface area contributed by atoms with E-state index in [1.807, 2.05) is 0 Å². The molecule has 9 heteroatoms. The predicted octanol–water partition coefficient (Wildman–Crippen LogP) is 2.55. The van der Waals surface area contributed by atoms with Gasteiger partial charge in [-0.3, -0.25) is 9.82 Å². The van der Waals surface area contributed by atoms with Gasteiger partial charge in [-0.1, -0.05) is 12.1 Å². The van der Waals surface area contributed by atoms with Crippen LogP contribution in [-0.2, 0) is 10.0 Å². The average molecular weight is 336 g/mol. The molecule has 1 aromatic heterocycles. The second-order valence-electron chi connectivity index (χ2n) is 4.59. The normalized spacial score (nSPS) is 11.4. The number of aromatic amines is 1. The highest BCUT2D eigenvalue weighted by Crippen LogP contribution is 2.27. The molecule has 1 heterocycles. The van der Waals surface area contributed by atoms with Gasteiger partial charge in [-0.15, -0.1) is 0 Å². The van der Waals surface area contributed by atoms with E-state index in [1.54, 1.807) is 18.2 Å². The zero-order chi connectivity index (χ0) is 16.4. The number of hydrogen-bond donors (Lipinski definition) is 2. The Labute approximate surface area is 130 Å². The summed E-state index contributed by atoms with van der Waals surface area (Å²) in [5.74, 6) is -1.60. The molecule has 0 saturated carbocycles. The van der Waals surface area contributed by atoms with Gasteiger partial charge in [0.15, 0.2) is 5.82 Å². The second kappa shape index (κ2) is 5.76. The molecule has 0 radical (unpaired) electrons. The summed E-state index contributed by atoms with van der Waals surface area (Å²) in [6.45, 7) is 0. The molecule has 0 spiro atoms. The maximum atomic E-state index is 13.2. The third-order valence-corrected chi connectivity index (χ3v) is 4.33. The third-order valence-electron chi connectivity index (χ3n) is 2.99. The summed E-state index contributed by atoms with van der Waals surface area (Å²) >= 11 is 0. The maximum absolute atomic E-state index is 13.2. The molecule has 3 rings (SSSR count). The summed E-state index contributed by atoms with van der Waals surface area (Å²) in [7, 11) is -4.16. The Morgan fingerprint density at radius 2 is 1.74 bits per heavy atom. The minimum atomic E-state index is -4.16. The number of nitrogens with one attached hydrogen (secondary N) is 2. The van der Waals surface area contributed by atoms with Gasteiger partial charge in [-0.2, -0.15) is 5.10 Å². The molecule has 0 aliphatic heterocycles. The van der Waals surface area contributed by atoms with E-state index in [0.29, 0.717) is 17.5 Å². The van der Waals surface area contributed by atoms with Crippen molar-refractivity contribution in [3.05, 3.63) is 60.4 Å².